The van der Waals surface area contributed by atoms with Crippen molar-refractivity contribution in [2.24, 2.45) is 0 Å². The molecule has 2 fully saturated rings. The Morgan fingerprint density at radius 3 is 2.70 bits per heavy atom. The first-order valence-corrected chi connectivity index (χ1v) is 16.2. The number of benzene rings is 3. The molecule has 2 unspecified atom stereocenters. The normalized spacial score (nSPS) is 27.6. The van der Waals surface area contributed by atoms with Crippen LogP contribution in [0.5, 0.6) is 11.5 Å². The Bertz CT molecular complexity index is 1710. The number of hydrogen-bond acceptors (Lipinski definition) is 5. The Kier molecular flexibility index (Phi) is 7.96. The van der Waals surface area contributed by atoms with Crippen molar-refractivity contribution in [1.82, 2.24) is 9.80 Å². The summed E-state index contributed by atoms with van der Waals surface area (Å²) >= 11 is 0. The number of rotatable bonds is 9. The van der Waals surface area contributed by atoms with Crippen LogP contribution >= 0.6 is 0 Å². The van der Waals surface area contributed by atoms with E-state index in [0.717, 1.165) is 35.4 Å². The second-order valence-electron chi connectivity index (χ2n) is 13.1. The first-order chi connectivity index (χ1) is 22.6. The molecule has 0 aromatic heterocycles. The van der Waals surface area contributed by atoms with Gasteiger partial charge in [0.2, 0.25) is 5.91 Å². The standard InChI is InChI=1S/C38H39F3N2O4/c1-3-20-42-22-19-36-33-27-13-14-30(46-2)34(33)47-35(36)29(16-18-37(36,45)31(42)24-27)43(21-17-25-8-5-4-6-9-25)32(44)15-12-26-10-7-11-28(23-26)38(39,40)41/h3-15,23,29,31,35,45H,1,16-22,24H2,2H3/b15-12+/t29?,31-,35?,36+,37-/m1/s1. The van der Waals surface area contributed by atoms with E-state index in [2.05, 4.69) is 17.5 Å². The SMILES string of the molecule is C=CCN1CC[C@]23c4c5ccc(OC)c4OC2C(N(CCc2ccccc2)C(=O)/C=C/c2cccc(C(F)(F)F)c2)CC[C@@]3(O)[C@H]1C5. The van der Waals surface area contributed by atoms with Crippen LogP contribution in [0.15, 0.2) is 85.5 Å². The largest absolute Gasteiger partial charge is 0.493 e. The van der Waals surface area contributed by atoms with Crippen LogP contribution in [0.3, 0.4) is 0 Å². The molecule has 2 bridgehead atoms. The van der Waals surface area contributed by atoms with Gasteiger partial charge in [-0.1, -0.05) is 54.6 Å². The maximum Gasteiger partial charge on any atom is 0.416 e. The van der Waals surface area contributed by atoms with Gasteiger partial charge in [-0.3, -0.25) is 9.69 Å². The number of aliphatic hydroxyl groups is 1. The van der Waals surface area contributed by atoms with E-state index in [-0.39, 0.29) is 17.5 Å². The molecule has 7 rings (SSSR count). The zero-order chi connectivity index (χ0) is 33.0. The minimum Gasteiger partial charge on any atom is -0.493 e. The Labute approximate surface area is 273 Å². The predicted octanol–water partition coefficient (Wildman–Crippen LogP) is 6.21. The highest BCUT2D eigenvalue weighted by atomic mass is 19.4. The molecule has 1 N–H and O–H groups in total. The fourth-order valence-electron chi connectivity index (χ4n) is 8.87. The van der Waals surface area contributed by atoms with Crippen molar-refractivity contribution in [1.29, 1.82) is 0 Å². The van der Waals surface area contributed by atoms with E-state index in [1.807, 2.05) is 47.4 Å². The molecule has 6 nitrogen and oxygen atoms in total. The molecule has 1 amide bonds. The Hall–Kier alpha value is -4.08. The topological polar surface area (TPSA) is 62.2 Å². The van der Waals surface area contributed by atoms with Crippen LogP contribution in [0.4, 0.5) is 13.2 Å². The van der Waals surface area contributed by atoms with Gasteiger partial charge < -0.3 is 19.5 Å². The summed E-state index contributed by atoms with van der Waals surface area (Å²) in [5.41, 5.74) is 0.852. The van der Waals surface area contributed by atoms with Crippen molar-refractivity contribution < 1.29 is 32.5 Å². The van der Waals surface area contributed by atoms with Crippen LogP contribution in [-0.4, -0.2) is 71.3 Å². The number of amides is 1. The van der Waals surface area contributed by atoms with Crippen LogP contribution in [0.25, 0.3) is 6.08 Å². The quantitative estimate of drug-likeness (QED) is 0.222. The lowest BCUT2D eigenvalue weighted by Crippen LogP contribution is -2.78. The third-order valence-electron chi connectivity index (χ3n) is 10.9. The smallest absolute Gasteiger partial charge is 0.416 e. The van der Waals surface area contributed by atoms with Crippen LogP contribution in [0.1, 0.15) is 47.1 Å². The Morgan fingerprint density at radius 2 is 1.96 bits per heavy atom. The maximum absolute atomic E-state index is 14.2. The summed E-state index contributed by atoms with van der Waals surface area (Å²) < 4.78 is 52.9. The summed E-state index contributed by atoms with van der Waals surface area (Å²) in [4.78, 5) is 18.3. The number of methoxy groups -OCH3 is 1. The summed E-state index contributed by atoms with van der Waals surface area (Å²) in [7, 11) is 1.61. The van der Waals surface area contributed by atoms with Crippen molar-refractivity contribution in [3.63, 3.8) is 0 Å². The second kappa shape index (κ2) is 11.9. The fraction of sp³-hybridized carbons (Fsp3) is 0.395. The van der Waals surface area contributed by atoms with Crippen LogP contribution in [0, 0.1) is 0 Å². The predicted molar refractivity (Wildman–Crippen MR) is 173 cm³/mol. The number of nitrogens with zero attached hydrogens (tertiary/aromatic N) is 2. The van der Waals surface area contributed by atoms with Gasteiger partial charge in [0.15, 0.2) is 11.5 Å². The fourth-order valence-corrected chi connectivity index (χ4v) is 8.87. The number of hydrogen-bond donors (Lipinski definition) is 1. The van der Waals surface area contributed by atoms with E-state index in [1.54, 1.807) is 13.2 Å². The number of piperidine rings is 1. The van der Waals surface area contributed by atoms with Gasteiger partial charge in [0, 0.05) is 30.8 Å². The van der Waals surface area contributed by atoms with Gasteiger partial charge in [0.05, 0.1) is 29.7 Å². The second-order valence-corrected chi connectivity index (χ2v) is 13.1. The van der Waals surface area contributed by atoms with E-state index in [0.29, 0.717) is 56.7 Å². The number of ether oxygens (including phenoxy) is 2. The Balaban J connectivity index is 1.29. The van der Waals surface area contributed by atoms with Gasteiger partial charge in [-0.05, 0) is 79.6 Å². The first-order valence-electron chi connectivity index (χ1n) is 16.2. The molecule has 0 radical (unpaired) electrons. The maximum atomic E-state index is 14.2. The molecule has 5 atom stereocenters. The highest BCUT2D eigenvalue weighted by Crippen LogP contribution is 2.66. The van der Waals surface area contributed by atoms with Crippen LogP contribution in [0.2, 0.25) is 0 Å². The van der Waals surface area contributed by atoms with Crippen molar-refractivity contribution in [3.8, 4) is 11.5 Å². The lowest BCUT2D eigenvalue weighted by atomic mass is 9.48. The molecule has 3 aromatic rings. The van der Waals surface area contributed by atoms with Crippen molar-refractivity contribution in [2.75, 3.05) is 26.7 Å². The highest BCUT2D eigenvalue weighted by molar-refractivity contribution is 5.92. The molecular formula is C38H39F3N2O4. The lowest BCUT2D eigenvalue weighted by Gasteiger charge is -2.64. The molecule has 4 aliphatic rings. The van der Waals surface area contributed by atoms with Gasteiger partial charge >= 0.3 is 6.18 Å². The van der Waals surface area contributed by atoms with Gasteiger partial charge in [0.25, 0.3) is 0 Å². The lowest BCUT2D eigenvalue weighted by molar-refractivity contribution is -0.199. The molecule has 9 heteroatoms. The zero-order valence-corrected chi connectivity index (χ0v) is 26.4. The average Bonchev–Trinajstić information content (AvgIpc) is 3.42. The molecule has 2 aliphatic carbocycles. The number of halogens is 3. The molecule has 1 saturated heterocycles. The minimum atomic E-state index is -4.48. The average molecular weight is 645 g/mol. The molecule has 47 heavy (non-hydrogen) atoms. The zero-order valence-electron chi connectivity index (χ0n) is 26.4. The summed E-state index contributed by atoms with van der Waals surface area (Å²) in [6.07, 6.45) is 2.54. The number of alkyl halides is 3. The summed E-state index contributed by atoms with van der Waals surface area (Å²) in [6, 6.07) is 18.3. The van der Waals surface area contributed by atoms with Crippen molar-refractivity contribution in [3.05, 3.63) is 113 Å². The molecule has 1 saturated carbocycles. The van der Waals surface area contributed by atoms with E-state index in [9.17, 15) is 23.1 Å². The Morgan fingerprint density at radius 1 is 1.15 bits per heavy atom. The van der Waals surface area contributed by atoms with E-state index in [1.165, 1.54) is 18.2 Å². The third kappa shape index (κ3) is 5.06. The van der Waals surface area contributed by atoms with Gasteiger partial charge in [-0.25, -0.2) is 0 Å². The minimum absolute atomic E-state index is 0.137. The third-order valence-corrected chi connectivity index (χ3v) is 10.9. The van der Waals surface area contributed by atoms with Gasteiger partial charge in [0.1, 0.15) is 6.10 Å². The van der Waals surface area contributed by atoms with Crippen molar-refractivity contribution >= 4 is 12.0 Å². The monoisotopic (exact) mass is 644 g/mol. The summed E-state index contributed by atoms with van der Waals surface area (Å²) in [5, 5.41) is 12.9. The van der Waals surface area contributed by atoms with E-state index < -0.39 is 34.9 Å². The van der Waals surface area contributed by atoms with Crippen molar-refractivity contribution in [2.45, 2.75) is 67.5 Å². The van der Waals surface area contributed by atoms with Crippen LogP contribution in [-0.2, 0) is 29.2 Å². The van der Waals surface area contributed by atoms with E-state index in [4.69, 9.17) is 9.47 Å². The first kappa shape index (κ1) is 31.5. The summed E-state index contributed by atoms with van der Waals surface area (Å²) in [5.74, 6) is 0.937. The molecular weight excluding hydrogens is 605 g/mol. The number of carbonyl (C=O) groups is 1. The van der Waals surface area contributed by atoms with Gasteiger partial charge in [-0.2, -0.15) is 13.2 Å². The van der Waals surface area contributed by atoms with Gasteiger partial charge in [-0.15, -0.1) is 6.58 Å². The molecule has 1 spiro atoms. The number of carbonyl (C=O) groups excluding carboxylic acids is 1. The molecule has 246 valence electrons. The van der Waals surface area contributed by atoms with Crippen LogP contribution < -0.4 is 9.47 Å². The molecule has 3 aromatic carbocycles. The number of likely N-dealkylation sites (tertiary alicyclic amines) is 1. The highest BCUT2D eigenvalue weighted by Gasteiger charge is 2.73. The van der Waals surface area contributed by atoms with E-state index >= 15 is 0 Å². The molecule has 2 heterocycles. The summed E-state index contributed by atoms with van der Waals surface area (Å²) in [6.45, 7) is 5.75. The molecule has 2 aliphatic heterocycles.